The molecular formula is C10H13ClN2O. The Hall–Kier alpha value is -1.06. The molecule has 4 heteroatoms. The Kier molecular flexibility index (Phi) is 3.92. The highest BCUT2D eigenvalue weighted by molar-refractivity contribution is 6.31. The lowest BCUT2D eigenvalue weighted by Crippen LogP contribution is -2.24. The van der Waals surface area contributed by atoms with E-state index in [1.165, 1.54) is 0 Å². The average molecular weight is 213 g/mol. The summed E-state index contributed by atoms with van der Waals surface area (Å²) in [7, 11) is 1.58. The number of halogens is 1. The molecule has 0 radical (unpaired) electrons. The zero-order valence-electron chi connectivity index (χ0n) is 7.96. The molecule has 0 spiro atoms. The van der Waals surface area contributed by atoms with Crippen LogP contribution in [0.4, 0.5) is 0 Å². The lowest BCUT2D eigenvalue weighted by Gasteiger charge is -2.12. The summed E-state index contributed by atoms with van der Waals surface area (Å²) in [6, 6.07) is 6.93. The van der Waals surface area contributed by atoms with E-state index in [0.29, 0.717) is 5.02 Å². The SMILES string of the molecule is CNC(=O)CC(N)c1ccccc1Cl. The van der Waals surface area contributed by atoms with E-state index in [4.69, 9.17) is 17.3 Å². The molecule has 3 N–H and O–H groups in total. The summed E-state index contributed by atoms with van der Waals surface area (Å²) in [6.07, 6.45) is 0.250. The molecule has 0 aliphatic rings. The van der Waals surface area contributed by atoms with Gasteiger partial charge in [0.2, 0.25) is 5.91 Å². The molecule has 0 saturated heterocycles. The maximum Gasteiger partial charge on any atom is 0.221 e. The number of amides is 1. The van der Waals surface area contributed by atoms with Gasteiger partial charge in [0.1, 0.15) is 0 Å². The quantitative estimate of drug-likeness (QED) is 0.798. The molecular weight excluding hydrogens is 200 g/mol. The fourth-order valence-electron chi connectivity index (χ4n) is 1.19. The number of rotatable bonds is 3. The van der Waals surface area contributed by atoms with Gasteiger partial charge in [0.15, 0.2) is 0 Å². The number of hydrogen-bond acceptors (Lipinski definition) is 2. The summed E-state index contributed by atoms with van der Waals surface area (Å²) < 4.78 is 0. The van der Waals surface area contributed by atoms with E-state index in [1.807, 2.05) is 18.2 Å². The maximum absolute atomic E-state index is 11.1. The van der Waals surface area contributed by atoms with Gasteiger partial charge in [0.05, 0.1) is 0 Å². The van der Waals surface area contributed by atoms with Gasteiger partial charge in [-0.1, -0.05) is 29.8 Å². The molecule has 0 fully saturated rings. The number of hydrogen-bond donors (Lipinski definition) is 2. The van der Waals surface area contributed by atoms with Crippen LogP contribution in [0.15, 0.2) is 24.3 Å². The van der Waals surface area contributed by atoms with Gasteiger partial charge >= 0.3 is 0 Å². The lowest BCUT2D eigenvalue weighted by atomic mass is 10.0. The monoisotopic (exact) mass is 212 g/mol. The molecule has 14 heavy (non-hydrogen) atoms. The highest BCUT2D eigenvalue weighted by Gasteiger charge is 2.12. The molecule has 1 rings (SSSR count). The van der Waals surface area contributed by atoms with Gasteiger partial charge in [-0.25, -0.2) is 0 Å². The Morgan fingerprint density at radius 1 is 1.57 bits per heavy atom. The van der Waals surface area contributed by atoms with Gasteiger partial charge in [-0.3, -0.25) is 4.79 Å². The van der Waals surface area contributed by atoms with Crippen molar-refractivity contribution < 1.29 is 4.79 Å². The predicted molar refractivity (Wildman–Crippen MR) is 57.1 cm³/mol. The van der Waals surface area contributed by atoms with E-state index in [1.54, 1.807) is 13.1 Å². The zero-order valence-corrected chi connectivity index (χ0v) is 8.71. The Balaban J connectivity index is 2.74. The number of carbonyl (C=O) groups excluding carboxylic acids is 1. The third-order valence-corrected chi connectivity index (χ3v) is 2.33. The van der Waals surface area contributed by atoms with Gasteiger partial charge in [-0.05, 0) is 11.6 Å². The fraction of sp³-hybridized carbons (Fsp3) is 0.300. The Labute approximate surface area is 88.2 Å². The van der Waals surface area contributed by atoms with Crippen LogP contribution >= 0.6 is 11.6 Å². The lowest BCUT2D eigenvalue weighted by molar-refractivity contribution is -0.120. The standard InChI is InChI=1S/C10H13ClN2O/c1-13-10(14)6-9(12)7-4-2-3-5-8(7)11/h2-5,9H,6,12H2,1H3,(H,13,14). The first-order valence-electron chi connectivity index (χ1n) is 4.35. The average Bonchev–Trinajstić information content (AvgIpc) is 2.18. The Morgan fingerprint density at radius 3 is 2.79 bits per heavy atom. The highest BCUT2D eigenvalue weighted by Crippen LogP contribution is 2.22. The number of carbonyl (C=O) groups is 1. The van der Waals surface area contributed by atoms with Crippen LogP contribution in [0.3, 0.4) is 0 Å². The van der Waals surface area contributed by atoms with Crippen molar-refractivity contribution in [2.24, 2.45) is 5.73 Å². The topological polar surface area (TPSA) is 55.1 Å². The van der Waals surface area contributed by atoms with Crippen LogP contribution in [-0.2, 0) is 4.79 Å². The maximum atomic E-state index is 11.1. The first-order chi connectivity index (χ1) is 6.65. The summed E-state index contributed by atoms with van der Waals surface area (Å²) in [5.41, 5.74) is 6.63. The summed E-state index contributed by atoms with van der Waals surface area (Å²) in [5, 5.41) is 3.12. The predicted octanol–water partition coefficient (Wildman–Crippen LogP) is 1.48. The fourth-order valence-corrected chi connectivity index (χ4v) is 1.46. The minimum absolute atomic E-state index is 0.0857. The van der Waals surface area contributed by atoms with E-state index < -0.39 is 0 Å². The van der Waals surface area contributed by atoms with Gasteiger partial charge in [0, 0.05) is 24.5 Å². The Bertz CT molecular complexity index is 328. The molecule has 0 saturated carbocycles. The molecule has 0 bridgehead atoms. The van der Waals surface area contributed by atoms with Gasteiger partial charge < -0.3 is 11.1 Å². The second kappa shape index (κ2) is 4.98. The van der Waals surface area contributed by atoms with Crippen LogP contribution in [-0.4, -0.2) is 13.0 Å². The van der Waals surface area contributed by atoms with E-state index in [9.17, 15) is 4.79 Å². The van der Waals surface area contributed by atoms with Crippen molar-refractivity contribution in [3.05, 3.63) is 34.9 Å². The van der Waals surface area contributed by atoms with Crippen LogP contribution in [0.25, 0.3) is 0 Å². The van der Waals surface area contributed by atoms with Gasteiger partial charge in [-0.2, -0.15) is 0 Å². The third-order valence-electron chi connectivity index (χ3n) is 1.99. The van der Waals surface area contributed by atoms with Crippen molar-refractivity contribution >= 4 is 17.5 Å². The van der Waals surface area contributed by atoms with Crippen molar-refractivity contribution in [3.63, 3.8) is 0 Å². The van der Waals surface area contributed by atoms with Crippen molar-refractivity contribution in [3.8, 4) is 0 Å². The second-order valence-corrected chi connectivity index (χ2v) is 3.41. The van der Waals surface area contributed by atoms with Gasteiger partial charge in [0.25, 0.3) is 0 Å². The summed E-state index contributed by atoms with van der Waals surface area (Å²) in [4.78, 5) is 11.1. The minimum Gasteiger partial charge on any atom is -0.359 e. The number of nitrogens with two attached hydrogens (primary N) is 1. The zero-order chi connectivity index (χ0) is 10.6. The molecule has 76 valence electrons. The molecule has 3 nitrogen and oxygen atoms in total. The smallest absolute Gasteiger partial charge is 0.221 e. The molecule has 1 aromatic carbocycles. The summed E-state index contributed by atoms with van der Waals surface area (Å²) >= 11 is 5.93. The highest BCUT2D eigenvalue weighted by atomic mass is 35.5. The summed E-state index contributed by atoms with van der Waals surface area (Å²) in [6.45, 7) is 0. The number of benzene rings is 1. The minimum atomic E-state index is -0.344. The molecule has 0 heterocycles. The van der Waals surface area contributed by atoms with E-state index >= 15 is 0 Å². The van der Waals surface area contributed by atoms with Crippen molar-refractivity contribution in [2.75, 3.05) is 7.05 Å². The first kappa shape index (κ1) is 11.0. The molecule has 0 aliphatic heterocycles. The van der Waals surface area contributed by atoms with Crippen LogP contribution in [0.1, 0.15) is 18.0 Å². The molecule has 1 amide bonds. The molecule has 1 unspecified atom stereocenters. The van der Waals surface area contributed by atoms with Crippen molar-refractivity contribution in [1.82, 2.24) is 5.32 Å². The van der Waals surface area contributed by atoms with Crippen molar-refractivity contribution in [1.29, 1.82) is 0 Å². The van der Waals surface area contributed by atoms with Crippen LogP contribution in [0.5, 0.6) is 0 Å². The van der Waals surface area contributed by atoms with Crippen LogP contribution < -0.4 is 11.1 Å². The largest absolute Gasteiger partial charge is 0.359 e. The second-order valence-electron chi connectivity index (χ2n) is 3.01. The molecule has 0 aromatic heterocycles. The van der Waals surface area contributed by atoms with Gasteiger partial charge in [-0.15, -0.1) is 0 Å². The number of nitrogens with one attached hydrogen (secondary N) is 1. The molecule has 0 aliphatic carbocycles. The summed E-state index contributed by atoms with van der Waals surface area (Å²) in [5.74, 6) is -0.0857. The third kappa shape index (κ3) is 2.72. The first-order valence-corrected chi connectivity index (χ1v) is 4.73. The molecule has 1 atom stereocenters. The Morgan fingerprint density at radius 2 is 2.21 bits per heavy atom. The normalized spacial score (nSPS) is 12.2. The van der Waals surface area contributed by atoms with E-state index in [0.717, 1.165) is 5.56 Å². The molecule has 1 aromatic rings. The van der Waals surface area contributed by atoms with E-state index in [2.05, 4.69) is 5.32 Å². The van der Waals surface area contributed by atoms with Crippen molar-refractivity contribution in [2.45, 2.75) is 12.5 Å². The van der Waals surface area contributed by atoms with Crippen LogP contribution in [0, 0.1) is 0 Å². The van der Waals surface area contributed by atoms with Crippen LogP contribution in [0.2, 0.25) is 5.02 Å². The van der Waals surface area contributed by atoms with E-state index in [-0.39, 0.29) is 18.4 Å².